The summed E-state index contributed by atoms with van der Waals surface area (Å²) in [5, 5.41) is 2.64. The molecule has 98 valence electrons. The molecule has 0 atom stereocenters. The summed E-state index contributed by atoms with van der Waals surface area (Å²) in [4.78, 5) is 12.0. The van der Waals surface area contributed by atoms with E-state index in [1.165, 1.54) is 25.3 Å². The topological polar surface area (TPSA) is 38.3 Å². The van der Waals surface area contributed by atoms with Crippen LogP contribution in [0.4, 0.5) is 10.1 Å². The molecule has 1 amide bonds. The number of amides is 1. The fourth-order valence-electron chi connectivity index (χ4n) is 1.56. The Kier molecular flexibility index (Phi) is 4.16. The summed E-state index contributed by atoms with van der Waals surface area (Å²) >= 11 is 3.32. The summed E-state index contributed by atoms with van der Waals surface area (Å²) in [5.74, 6) is -0.460. The van der Waals surface area contributed by atoms with Gasteiger partial charge in [0.15, 0.2) is 0 Å². The average Bonchev–Trinajstić information content (AvgIpc) is 2.41. The van der Waals surface area contributed by atoms with E-state index in [2.05, 4.69) is 21.2 Å². The van der Waals surface area contributed by atoms with Gasteiger partial charge in [-0.05, 0) is 40.2 Å². The van der Waals surface area contributed by atoms with Crippen molar-refractivity contribution in [3.63, 3.8) is 0 Å². The predicted molar refractivity (Wildman–Crippen MR) is 75.0 cm³/mol. The highest BCUT2D eigenvalue weighted by molar-refractivity contribution is 9.10. The number of hydrogen-bond donors (Lipinski definition) is 1. The highest BCUT2D eigenvalue weighted by atomic mass is 79.9. The Hall–Kier alpha value is -1.88. The number of hydrogen-bond acceptors (Lipinski definition) is 2. The molecule has 0 aliphatic heterocycles. The Morgan fingerprint density at radius 2 is 2.00 bits per heavy atom. The second-order valence-electron chi connectivity index (χ2n) is 3.78. The zero-order valence-corrected chi connectivity index (χ0v) is 11.7. The molecule has 2 rings (SSSR count). The lowest BCUT2D eigenvalue weighted by atomic mass is 10.2. The molecular formula is C14H11BrFNO2. The van der Waals surface area contributed by atoms with Crippen LogP contribution in [0.5, 0.6) is 5.75 Å². The summed E-state index contributed by atoms with van der Waals surface area (Å²) in [7, 11) is 1.53. The molecule has 0 aliphatic rings. The smallest absolute Gasteiger partial charge is 0.258 e. The first-order valence-electron chi connectivity index (χ1n) is 5.51. The Labute approximate surface area is 118 Å². The lowest BCUT2D eigenvalue weighted by Crippen LogP contribution is -2.14. The molecule has 0 saturated carbocycles. The molecule has 0 heterocycles. The largest absolute Gasteiger partial charge is 0.497 e. The van der Waals surface area contributed by atoms with Gasteiger partial charge in [0, 0.05) is 10.5 Å². The highest BCUT2D eigenvalue weighted by Gasteiger charge is 2.12. The third-order valence-corrected chi connectivity index (χ3v) is 3.23. The number of rotatable bonds is 3. The van der Waals surface area contributed by atoms with Gasteiger partial charge in [-0.3, -0.25) is 4.79 Å². The van der Waals surface area contributed by atoms with Crippen LogP contribution in [0.25, 0.3) is 0 Å². The van der Waals surface area contributed by atoms with E-state index in [0.717, 1.165) is 0 Å². The summed E-state index contributed by atoms with van der Waals surface area (Å²) in [5.41, 5.74) is 0.518. The lowest BCUT2D eigenvalue weighted by Gasteiger charge is -2.09. The molecule has 0 radical (unpaired) electrons. The van der Waals surface area contributed by atoms with Crippen LogP contribution in [0.15, 0.2) is 46.9 Å². The minimum absolute atomic E-state index is 0.00257. The summed E-state index contributed by atoms with van der Waals surface area (Å²) in [6, 6.07) is 11.0. The quantitative estimate of drug-likeness (QED) is 0.931. The van der Waals surface area contributed by atoms with Crippen LogP contribution in [-0.2, 0) is 0 Å². The maximum Gasteiger partial charge on any atom is 0.258 e. The zero-order valence-electron chi connectivity index (χ0n) is 10.1. The van der Waals surface area contributed by atoms with E-state index in [1.54, 1.807) is 24.3 Å². The zero-order chi connectivity index (χ0) is 13.8. The number of ether oxygens (including phenoxy) is 1. The van der Waals surface area contributed by atoms with Crippen molar-refractivity contribution in [1.82, 2.24) is 0 Å². The van der Waals surface area contributed by atoms with Gasteiger partial charge in [-0.25, -0.2) is 4.39 Å². The van der Waals surface area contributed by atoms with Gasteiger partial charge in [-0.15, -0.1) is 0 Å². The number of halogens is 2. The maximum atomic E-state index is 13.5. The van der Waals surface area contributed by atoms with E-state index < -0.39 is 11.7 Å². The number of nitrogens with one attached hydrogen (secondary N) is 1. The predicted octanol–water partition coefficient (Wildman–Crippen LogP) is 3.85. The molecule has 0 aromatic heterocycles. The van der Waals surface area contributed by atoms with E-state index in [0.29, 0.717) is 15.9 Å². The third-order valence-electron chi connectivity index (χ3n) is 2.54. The first kappa shape index (κ1) is 13.5. The highest BCUT2D eigenvalue weighted by Crippen LogP contribution is 2.27. The Balaban J connectivity index is 2.26. The Morgan fingerprint density at radius 1 is 1.26 bits per heavy atom. The van der Waals surface area contributed by atoms with E-state index in [9.17, 15) is 9.18 Å². The maximum absolute atomic E-state index is 13.5. The number of methoxy groups -OCH3 is 1. The molecule has 0 fully saturated rings. The third kappa shape index (κ3) is 3.12. The standard InChI is InChI=1S/C14H11BrFNO2/c1-19-9-6-7-11(15)13(8-9)17-14(18)10-4-2-3-5-12(10)16/h2-8H,1H3,(H,17,18). The van der Waals surface area contributed by atoms with E-state index in [1.807, 2.05) is 0 Å². The van der Waals surface area contributed by atoms with Crippen LogP contribution in [0.2, 0.25) is 0 Å². The average molecular weight is 324 g/mol. The minimum atomic E-state index is -0.556. The van der Waals surface area contributed by atoms with Gasteiger partial charge >= 0.3 is 0 Å². The van der Waals surface area contributed by atoms with Gasteiger partial charge in [0.2, 0.25) is 0 Å². The van der Waals surface area contributed by atoms with E-state index in [-0.39, 0.29) is 5.56 Å². The SMILES string of the molecule is COc1ccc(Br)c(NC(=O)c2ccccc2F)c1. The molecule has 2 aromatic carbocycles. The lowest BCUT2D eigenvalue weighted by molar-refractivity contribution is 0.102. The first-order chi connectivity index (χ1) is 9.11. The second kappa shape index (κ2) is 5.84. The molecule has 2 aromatic rings. The van der Waals surface area contributed by atoms with Crippen molar-refractivity contribution in [3.8, 4) is 5.75 Å². The van der Waals surface area contributed by atoms with Crippen molar-refractivity contribution in [2.75, 3.05) is 12.4 Å². The molecule has 0 bridgehead atoms. The number of carbonyl (C=O) groups is 1. The Morgan fingerprint density at radius 3 is 2.68 bits per heavy atom. The van der Waals surface area contributed by atoms with Crippen molar-refractivity contribution < 1.29 is 13.9 Å². The van der Waals surface area contributed by atoms with Gasteiger partial charge in [-0.2, -0.15) is 0 Å². The normalized spacial score (nSPS) is 10.1. The van der Waals surface area contributed by atoms with Crippen molar-refractivity contribution >= 4 is 27.5 Å². The van der Waals surface area contributed by atoms with E-state index in [4.69, 9.17) is 4.74 Å². The van der Waals surface area contributed by atoms with Crippen LogP contribution in [0.3, 0.4) is 0 Å². The van der Waals surface area contributed by atoms with Gasteiger partial charge in [0.1, 0.15) is 11.6 Å². The van der Waals surface area contributed by atoms with Crippen LogP contribution >= 0.6 is 15.9 Å². The molecule has 19 heavy (non-hydrogen) atoms. The van der Waals surface area contributed by atoms with Crippen molar-refractivity contribution in [2.45, 2.75) is 0 Å². The molecule has 0 unspecified atom stereocenters. The molecule has 3 nitrogen and oxygen atoms in total. The number of carbonyl (C=O) groups excluding carboxylic acids is 1. The first-order valence-corrected chi connectivity index (χ1v) is 6.30. The molecule has 0 spiro atoms. The van der Waals surface area contributed by atoms with Crippen molar-refractivity contribution in [1.29, 1.82) is 0 Å². The minimum Gasteiger partial charge on any atom is -0.497 e. The van der Waals surface area contributed by atoms with Crippen LogP contribution in [-0.4, -0.2) is 13.0 Å². The summed E-state index contributed by atoms with van der Waals surface area (Å²) in [6.07, 6.45) is 0. The fraction of sp³-hybridized carbons (Fsp3) is 0.0714. The van der Waals surface area contributed by atoms with Crippen LogP contribution in [0, 0.1) is 5.82 Å². The number of anilines is 1. The van der Waals surface area contributed by atoms with Gasteiger partial charge in [-0.1, -0.05) is 12.1 Å². The monoisotopic (exact) mass is 323 g/mol. The van der Waals surface area contributed by atoms with Crippen LogP contribution in [0.1, 0.15) is 10.4 Å². The molecule has 5 heteroatoms. The fourth-order valence-corrected chi connectivity index (χ4v) is 1.91. The van der Waals surface area contributed by atoms with Gasteiger partial charge in [0.05, 0.1) is 18.4 Å². The van der Waals surface area contributed by atoms with Crippen molar-refractivity contribution in [3.05, 3.63) is 58.3 Å². The molecular weight excluding hydrogens is 313 g/mol. The Bertz CT molecular complexity index is 616. The summed E-state index contributed by atoms with van der Waals surface area (Å²) < 4.78 is 19.3. The number of benzene rings is 2. The molecule has 1 N–H and O–H groups in total. The summed E-state index contributed by atoms with van der Waals surface area (Å²) in [6.45, 7) is 0. The van der Waals surface area contributed by atoms with Crippen LogP contribution < -0.4 is 10.1 Å². The van der Waals surface area contributed by atoms with Crippen molar-refractivity contribution in [2.24, 2.45) is 0 Å². The van der Waals surface area contributed by atoms with Gasteiger partial charge < -0.3 is 10.1 Å². The van der Waals surface area contributed by atoms with Gasteiger partial charge in [0.25, 0.3) is 5.91 Å². The van der Waals surface area contributed by atoms with E-state index >= 15 is 0 Å². The molecule has 0 aliphatic carbocycles. The second-order valence-corrected chi connectivity index (χ2v) is 4.63. The molecule has 0 saturated heterocycles.